The first-order chi connectivity index (χ1) is 14.4. The van der Waals surface area contributed by atoms with Crippen LogP contribution in [0.2, 0.25) is 0 Å². The van der Waals surface area contributed by atoms with Crippen molar-refractivity contribution in [3.8, 4) is 17.1 Å². The molecule has 0 bridgehead atoms. The number of hydrogen-bond donors (Lipinski definition) is 2. The van der Waals surface area contributed by atoms with Crippen LogP contribution in [-0.4, -0.2) is 58.3 Å². The van der Waals surface area contributed by atoms with Crippen molar-refractivity contribution >= 4 is 22.7 Å². The van der Waals surface area contributed by atoms with E-state index in [4.69, 9.17) is 29.5 Å². The first-order valence-electron chi connectivity index (χ1n) is 9.70. The average Bonchev–Trinajstić information content (AvgIpc) is 2.74. The van der Waals surface area contributed by atoms with Crippen molar-refractivity contribution in [3.05, 3.63) is 60.7 Å². The van der Waals surface area contributed by atoms with E-state index in [1.54, 1.807) is 0 Å². The van der Waals surface area contributed by atoms with Gasteiger partial charge in [0.05, 0.1) is 5.69 Å². The van der Waals surface area contributed by atoms with E-state index in [0.717, 1.165) is 42.0 Å². The number of likely N-dealkylation sites (tertiary alicyclic amines) is 1. The largest absolute Gasteiger partial charge is 0.473 e. The molecule has 0 spiro atoms. The van der Waals surface area contributed by atoms with Gasteiger partial charge >= 0.3 is 11.9 Å². The Labute approximate surface area is 174 Å². The lowest BCUT2D eigenvalue weighted by Gasteiger charge is -2.29. The molecule has 7 heteroatoms. The predicted octanol–water partition coefficient (Wildman–Crippen LogP) is 3.53. The SMILES string of the molecule is CN1CCCC(Oc2cc3ccccc3c(-c3ccccc3)n2)C1.O=C(O)C(=O)O. The Hall–Kier alpha value is -3.45. The number of pyridine rings is 1. The molecule has 1 fully saturated rings. The molecule has 0 saturated carbocycles. The van der Waals surface area contributed by atoms with Gasteiger partial charge in [-0.25, -0.2) is 14.6 Å². The van der Waals surface area contributed by atoms with Gasteiger partial charge in [0, 0.05) is 23.6 Å². The monoisotopic (exact) mass is 408 g/mol. The Morgan fingerprint density at radius 3 is 2.37 bits per heavy atom. The van der Waals surface area contributed by atoms with Crippen LogP contribution in [0.25, 0.3) is 22.0 Å². The van der Waals surface area contributed by atoms with Crippen molar-refractivity contribution in [2.75, 3.05) is 20.1 Å². The summed E-state index contributed by atoms with van der Waals surface area (Å²) in [7, 11) is 2.15. The number of likely N-dealkylation sites (N-methyl/N-ethyl adjacent to an activating group) is 1. The normalized spacial score (nSPS) is 16.4. The van der Waals surface area contributed by atoms with E-state index >= 15 is 0 Å². The Morgan fingerprint density at radius 1 is 1.03 bits per heavy atom. The van der Waals surface area contributed by atoms with Gasteiger partial charge in [-0.3, -0.25) is 0 Å². The summed E-state index contributed by atoms with van der Waals surface area (Å²) in [4.78, 5) is 25.4. The molecule has 0 amide bonds. The first kappa shape index (κ1) is 21.3. The van der Waals surface area contributed by atoms with Gasteiger partial charge in [0.2, 0.25) is 5.88 Å². The quantitative estimate of drug-likeness (QED) is 0.640. The summed E-state index contributed by atoms with van der Waals surface area (Å²) in [5.74, 6) is -2.92. The second-order valence-corrected chi connectivity index (χ2v) is 7.15. The van der Waals surface area contributed by atoms with E-state index in [1.807, 2.05) is 6.07 Å². The molecule has 1 atom stereocenters. The molecule has 2 heterocycles. The highest BCUT2D eigenvalue weighted by molar-refractivity contribution is 6.27. The fourth-order valence-electron chi connectivity index (χ4n) is 3.44. The van der Waals surface area contributed by atoms with Gasteiger partial charge in [-0.2, -0.15) is 0 Å². The molecule has 0 radical (unpaired) electrons. The summed E-state index contributed by atoms with van der Waals surface area (Å²) in [6.45, 7) is 2.12. The number of hydrogen-bond acceptors (Lipinski definition) is 5. The third-order valence-corrected chi connectivity index (χ3v) is 4.82. The Kier molecular flexibility index (Phi) is 6.98. The fraction of sp³-hybridized carbons (Fsp3) is 0.261. The number of aliphatic carboxylic acids is 2. The van der Waals surface area contributed by atoms with Gasteiger partial charge in [0.1, 0.15) is 6.10 Å². The summed E-state index contributed by atoms with van der Waals surface area (Å²) in [5, 5.41) is 17.1. The third kappa shape index (κ3) is 5.55. The molecule has 3 aromatic rings. The van der Waals surface area contributed by atoms with Gasteiger partial charge in [0.25, 0.3) is 0 Å². The van der Waals surface area contributed by atoms with E-state index in [0.29, 0.717) is 0 Å². The number of carboxylic acids is 2. The minimum absolute atomic E-state index is 0.223. The molecule has 156 valence electrons. The maximum atomic E-state index is 9.10. The lowest BCUT2D eigenvalue weighted by Crippen LogP contribution is -2.38. The number of ether oxygens (including phenoxy) is 1. The summed E-state index contributed by atoms with van der Waals surface area (Å²) in [6, 6.07) is 20.8. The molecule has 1 aliphatic rings. The maximum Gasteiger partial charge on any atom is 0.414 e. The minimum Gasteiger partial charge on any atom is -0.473 e. The van der Waals surface area contributed by atoms with E-state index in [-0.39, 0.29) is 6.10 Å². The molecule has 4 rings (SSSR count). The van der Waals surface area contributed by atoms with Crippen LogP contribution in [0.5, 0.6) is 5.88 Å². The zero-order valence-corrected chi connectivity index (χ0v) is 16.7. The number of fused-ring (bicyclic) bond motifs is 1. The zero-order chi connectivity index (χ0) is 21.5. The number of benzene rings is 2. The molecule has 1 saturated heterocycles. The van der Waals surface area contributed by atoms with Crippen LogP contribution in [0.3, 0.4) is 0 Å². The zero-order valence-electron chi connectivity index (χ0n) is 16.7. The topological polar surface area (TPSA) is 100.0 Å². The molecule has 0 aliphatic carbocycles. The van der Waals surface area contributed by atoms with Crippen molar-refractivity contribution in [3.63, 3.8) is 0 Å². The lowest BCUT2D eigenvalue weighted by molar-refractivity contribution is -0.159. The van der Waals surface area contributed by atoms with Gasteiger partial charge in [-0.15, -0.1) is 0 Å². The van der Waals surface area contributed by atoms with E-state index in [1.165, 1.54) is 11.8 Å². The highest BCUT2D eigenvalue weighted by atomic mass is 16.5. The number of piperidine rings is 1. The van der Waals surface area contributed by atoms with Crippen LogP contribution < -0.4 is 4.74 Å². The number of carboxylic acid groups (broad SMARTS) is 2. The van der Waals surface area contributed by atoms with Gasteiger partial charge in [-0.1, -0.05) is 54.6 Å². The number of carbonyl (C=O) groups is 2. The predicted molar refractivity (Wildman–Crippen MR) is 114 cm³/mol. The Bertz CT molecular complexity index is 1010. The van der Waals surface area contributed by atoms with E-state index in [9.17, 15) is 0 Å². The molecular weight excluding hydrogens is 384 g/mol. The number of nitrogens with zero attached hydrogens (tertiary/aromatic N) is 2. The second kappa shape index (κ2) is 9.84. The van der Waals surface area contributed by atoms with Gasteiger partial charge in [-0.05, 0) is 31.8 Å². The fourth-order valence-corrected chi connectivity index (χ4v) is 3.44. The standard InChI is InChI=1S/C21H22N2O.C2H2O4/c1-23-13-7-11-18(15-23)24-20-14-17-10-5-6-12-19(17)21(22-20)16-8-3-2-4-9-16;3-1(4)2(5)6/h2-6,8-10,12,14,18H,7,11,13,15H2,1H3;(H,3,4)(H,5,6). The summed E-state index contributed by atoms with van der Waals surface area (Å²) in [5.41, 5.74) is 2.12. The van der Waals surface area contributed by atoms with Crippen molar-refractivity contribution in [1.82, 2.24) is 9.88 Å². The molecule has 2 aromatic carbocycles. The van der Waals surface area contributed by atoms with Gasteiger partial charge < -0.3 is 19.8 Å². The Morgan fingerprint density at radius 2 is 1.70 bits per heavy atom. The van der Waals surface area contributed by atoms with E-state index in [2.05, 4.69) is 66.5 Å². The number of aromatic nitrogens is 1. The minimum atomic E-state index is -1.82. The van der Waals surface area contributed by atoms with Crippen LogP contribution in [-0.2, 0) is 9.59 Å². The van der Waals surface area contributed by atoms with Gasteiger partial charge in [0.15, 0.2) is 0 Å². The molecular formula is C23H24N2O5. The van der Waals surface area contributed by atoms with Crippen molar-refractivity contribution in [2.24, 2.45) is 0 Å². The lowest BCUT2D eigenvalue weighted by atomic mass is 10.0. The molecule has 1 aliphatic heterocycles. The highest BCUT2D eigenvalue weighted by Crippen LogP contribution is 2.30. The molecule has 7 nitrogen and oxygen atoms in total. The van der Waals surface area contributed by atoms with Crippen LogP contribution in [0, 0.1) is 0 Å². The van der Waals surface area contributed by atoms with Crippen molar-refractivity contribution in [2.45, 2.75) is 18.9 Å². The summed E-state index contributed by atoms with van der Waals surface area (Å²) in [6.07, 6.45) is 2.50. The maximum absolute atomic E-state index is 9.10. The molecule has 30 heavy (non-hydrogen) atoms. The third-order valence-electron chi connectivity index (χ3n) is 4.82. The van der Waals surface area contributed by atoms with Crippen LogP contribution in [0.15, 0.2) is 60.7 Å². The van der Waals surface area contributed by atoms with Crippen LogP contribution in [0.4, 0.5) is 0 Å². The number of rotatable bonds is 3. The first-order valence-corrected chi connectivity index (χ1v) is 9.70. The van der Waals surface area contributed by atoms with Crippen molar-refractivity contribution in [1.29, 1.82) is 0 Å². The van der Waals surface area contributed by atoms with E-state index < -0.39 is 11.9 Å². The smallest absolute Gasteiger partial charge is 0.414 e. The average molecular weight is 408 g/mol. The summed E-state index contributed by atoms with van der Waals surface area (Å²) >= 11 is 0. The molecule has 2 N–H and O–H groups in total. The molecule has 1 unspecified atom stereocenters. The highest BCUT2D eigenvalue weighted by Gasteiger charge is 2.20. The second-order valence-electron chi connectivity index (χ2n) is 7.15. The molecule has 1 aromatic heterocycles. The van der Waals surface area contributed by atoms with Crippen LogP contribution >= 0.6 is 0 Å². The van der Waals surface area contributed by atoms with Crippen LogP contribution in [0.1, 0.15) is 12.8 Å². The summed E-state index contributed by atoms with van der Waals surface area (Å²) < 4.78 is 6.24. The Balaban J connectivity index is 0.000000377. The van der Waals surface area contributed by atoms with Crippen molar-refractivity contribution < 1.29 is 24.5 Å².